The molecule has 1 heterocycles. The topological polar surface area (TPSA) is 65.4 Å². The van der Waals surface area contributed by atoms with E-state index in [0.29, 0.717) is 28.1 Å². The lowest BCUT2D eigenvalue weighted by Crippen LogP contribution is -2.08. The molecule has 0 saturated heterocycles. The molecule has 0 N–H and O–H groups in total. The third kappa shape index (κ3) is 4.05. The first-order valence-electron chi connectivity index (χ1n) is 8.20. The molecule has 0 aliphatic carbocycles. The summed E-state index contributed by atoms with van der Waals surface area (Å²) >= 11 is 0. The monoisotopic (exact) mass is 382 g/mol. The Bertz CT molecular complexity index is 1060. The first-order chi connectivity index (χ1) is 13.1. The van der Waals surface area contributed by atoms with E-state index < -0.39 is 17.3 Å². The largest absolute Gasteiger partial charge is 0.417 e. The zero-order valence-corrected chi connectivity index (χ0v) is 15.4. The summed E-state index contributed by atoms with van der Waals surface area (Å²) in [4.78, 5) is 0. The molecule has 2 rings (SSSR count). The predicted octanol–water partition coefficient (Wildman–Crippen LogP) is 5.25. The van der Waals surface area contributed by atoms with Gasteiger partial charge in [-0.05, 0) is 37.1 Å². The summed E-state index contributed by atoms with van der Waals surface area (Å²) in [6.07, 6.45) is -1.46. The zero-order chi connectivity index (χ0) is 21.1. The highest BCUT2D eigenvalue weighted by Crippen LogP contribution is 2.36. The highest BCUT2D eigenvalue weighted by Gasteiger charge is 2.34. The molecule has 4 nitrogen and oxygen atoms in total. The molecule has 0 aliphatic rings. The van der Waals surface area contributed by atoms with Gasteiger partial charge in [-0.25, -0.2) is 0 Å². The fourth-order valence-electron chi connectivity index (χ4n) is 2.92. The number of nitrogens with zero attached hydrogens (tertiary/aromatic N) is 4. The molecule has 0 amide bonds. The number of aromatic nitrogens is 2. The first-order valence-corrected chi connectivity index (χ1v) is 8.20. The third-order valence-corrected chi connectivity index (χ3v) is 4.28. The van der Waals surface area contributed by atoms with Crippen LogP contribution in [0.4, 0.5) is 13.2 Å². The van der Waals surface area contributed by atoms with Crippen LogP contribution in [0.3, 0.4) is 0 Å². The molecular weight excluding hydrogens is 365 g/mol. The van der Waals surface area contributed by atoms with E-state index in [-0.39, 0.29) is 12.1 Å². The number of hydrogen-bond donors (Lipinski definition) is 0. The molecule has 0 radical (unpaired) electrons. The van der Waals surface area contributed by atoms with Gasteiger partial charge in [0.05, 0.1) is 35.5 Å². The highest BCUT2D eigenvalue weighted by molar-refractivity contribution is 5.70. The average Bonchev–Trinajstić information content (AvgIpc) is 2.92. The van der Waals surface area contributed by atoms with Crippen LogP contribution in [-0.2, 0) is 12.7 Å². The Morgan fingerprint density at radius 3 is 2.50 bits per heavy atom. The summed E-state index contributed by atoms with van der Waals surface area (Å²) < 4.78 is 41.5. The number of alkyl halides is 3. The van der Waals surface area contributed by atoms with Crippen LogP contribution in [0.25, 0.3) is 11.1 Å². The van der Waals surface area contributed by atoms with Crippen molar-refractivity contribution in [1.29, 1.82) is 10.5 Å². The second kappa shape index (κ2) is 7.98. The molecule has 1 aromatic carbocycles. The second-order valence-electron chi connectivity index (χ2n) is 6.09. The Kier molecular flexibility index (Phi) is 5.90. The van der Waals surface area contributed by atoms with Crippen molar-refractivity contribution < 1.29 is 13.2 Å². The lowest BCUT2D eigenvalue weighted by molar-refractivity contribution is -0.137. The lowest BCUT2D eigenvalue weighted by atomic mass is 9.98. The van der Waals surface area contributed by atoms with E-state index in [1.54, 1.807) is 30.7 Å². The molecule has 7 heteroatoms. The summed E-state index contributed by atoms with van der Waals surface area (Å²) in [5.74, 6) is 0. The summed E-state index contributed by atoms with van der Waals surface area (Å²) in [5, 5.41) is 22.5. The second-order valence-corrected chi connectivity index (χ2v) is 6.09. The minimum atomic E-state index is -4.64. The van der Waals surface area contributed by atoms with Gasteiger partial charge >= 0.3 is 6.18 Å². The molecule has 0 atom stereocenters. The Morgan fingerprint density at radius 1 is 1.29 bits per heavy atom. The van der Waals surface area contributed by atoms with Crippen molar-refractivity contribution in [3.8, 4) is 23.3 Å². The Morgan fingerprint density at radius 2 is 1.96 bits per heavy atom. The minimum absolute atomic E-state index is 0.230. The molecule has 2 aromatic rings. The van der Waals surface area contributed by atoms with Gasteiger partial charge in [-0.15, -0.1) is 0 Å². The molecular formula is C21H17F3N4. The molecule has 28 heavy (non-hydrogen) atoms. The van der Waals surface area contributed by atoms with Crippen LogP contribution in [-0.4, -0.2) is 9.78 Å². The maximum atomic E-state index is 13.3. The van der Waals surface area contributed by atoms with Crippen LogP contribution in [0.5, 0.6) is 0 Å². The zero-order valence-electron chi connectivity index (χ0n) is 15.4. The van der Waals surface area contributed by atoms with Gasteiger partial charge in [0, 0.05) is 16.8 Å². The molecule has 1 aromatic heterocycles. The van der Waals surface area contributed by atoms with E-state index in [9.17, 15) is 13.2 Å². The van der Waals surface area contributed by atoms with E-state index in [2.05, 4.69) is 18.3 Å². The summed E-state index contributed by atoms with van der Waals surface area (Å²) in [7, 11) is 0. The molecule has 0 bridgehead atoms. The predicted molar refractivity (Wildman–Crippen MR) is 99.9 cm³/mol. The van der Waals surface area contributed by atoms with Gasteiger partial charge in [0.25, 0.3) is 0 Å². The van der Waals surface area contributed by atoms with Crippen molar-refractivity contribution in [2.45, 2.75) is 26.6 Å². The Labute approximate surface area is 161 Å². The van der Waals surface area contributed by atoms with E-state index in [1.807, 2.05) is 6.07 Å². The Hall–Kier alpha value is -3.58. The lowest BCUT2D eigenvalue weighted by Gasteiger charge is -2.12. The molecule has 0 fully saturated rings. The molecule has 0 unspecified atom stereocenters. The minimum Gasteiger partial charge on any atom is -0.264 e. The number of rotatable bonds is 5. The van der Waals surface area contributed by atoms with Gasteiger partial charge in [-0.2, -0.15) is 28.8 Å². The van der Waals surface area contributed by atoms with Crippen molar-refractivity contribution in [3.63, 3.8) is 0 Å². The van der Waals surface area contributed by atoms with Crippen LogP contribution in [0.1, 0.15) is 22.5 Å². The fraction of sp³-hybridized carbons (Fsp3) is 0.190. The number of halogens is 3. The van der Waals surface area contributed by atoms with Gasteiger partial charge in [-0.1, -0.05) is 31.4 Å². The summed E-state index contributed by atoms with van der Waals surface area (Å²) in [5.41, 5.74) is 1.49. The van der Waals surface area contributed by atoms with E-state index in [0.717, 1.165) is 12.1 Å². The maximum absolute atomic E-state index is 13.3. The number of nitriles is 2. The molecule has 0 spiro atoms. The SMILES string of the molecule is C=C/C=C(/Cn1nc(C)c(-c2ccc(C#N)c(C(F)(F)F)c2)c1C)C(=C)C#N. The number of benzene rings is 1. The van der Waals surface area contributed by atoms with Gasteiger partial charge in [-0.3, -0.25) is 4.68 Å². The van der Waals surface area contributed by atoms with Crippen LogP contribution in [0, 0.1) is 36.5 Å². The normalized spacial score (nSPS) is 11.6. The molecule has 0 aliphatic heterocycles. The number of aryl methyl sites for hydroxylation is 1. The van der Waals surface area contributed by atoms with E-state index >= 15 is 0 Å². The van der Waals surface area contributed by atoms with Crippen LogP contribution >= 0.6 is 0 Å². The fourth-order valence-corrected chi connectivity index (χ4v) is 2.92. The van der Waals surface area contributed by atoms with Gasteiger partial charge in [0.1, 0.15) is 0 Å². The average molecular weight is 382 g/mol. The summed E-state index contributed by atoms with van der Waals surface area (Å²) in [6.45, 7) is 11.0. The molecule has 0 saturated carbocycles. The number of allylic oxidation sites excluding steroid dienone is 4. The standard InChI is InChI=1S/C21H17F3N4/c1-5-6-18(13(2)10-25)12-28-15(4)20(14(3)27-28)16-7-8-17(11-26)19(9-16)21(22,23)24/h5-9H,1-2,12H2,3-4H3/b18-6-. The maximum Gasteiger partial charge on any atom is 0.417 e. The van der Waals surface area contributed by atoms with Gasteiger partial charge in [0.2, 0.25) is 0 Å². The van der Waals surface area contributed by atoms with Crippen LogP contribution in [0.2, 0.25) is 0 Å². The van der Waals surface area contributed by atoms with Crippen LogP contribution in [0.15, 0.2) is 54.7 Å². The van der Waals surface area contributed by atoms with Crippen molar-refractivity contribution in [3.05, 3.63) is 77.2 Å². The first kappa shape index (κ1) is 20.7. The smallest absolute Gasteiger partial charge is 0.264 e. The van der Waals surface area contributed by atoms with Crippen molar-refractivity contribution in [1.82, 2.24) is 9.78 Å². The van der Waals surface area contributed by atoms with Crippen molar-refractivity contribution >= 4 is 0 Å². The van der Waals surface area contributed by atoms with Crippen LogP contribution < -0.4 is 0 Å². The Balaban J connectivity index is 2.58. The third-order valence-electron chi connectivity index (χ3n) is 4.28. The van der Waals surface area contributed by atoms with Gasteiger partial charge < -0.3 is 0 Å². The van der Waals surface area contributed by atoms with E-state index in [4.69, 9.17) is 10.5 Å². The van der Waals surface area contributed by atoms with E-state index in [1.165, 1.54) is 12.1 Å². The highest BCUT2D eigenvalue weighted by atomic mass is 19.4. The van der Waals surface area contributed by atoms with Gasteiger partial charge in [0.15, 0.2) is 0 Å². The quantitative estimate of drug-likeness (QED) is 0.524. The molecule has 142 valence electrons. The number of hydrogen-bond acceptors (Lipinski definition) is 3. The summed E-state index contributed by atoms with van der Waals surface area (Å²) in [6, 6.07) is 7.15. The van der Waals surface area contributed by atoms with Crippen molar-refractivity contribution in [2.75, 3.05) is 0 Å². The van der Waals surface area contributed by atoms with Crippen molar-refractivity contribution in [2.24, 2.45) is 0 Å².